The quantitative estimate of drug-likeness (QED) is 0.469. The van der Waals surface area contributed by atoms with Crippen LogP contribution in [0.4, 0.5) is 0 Å². The predicted molar refractivity (Wildman–Crippen MR) is 66.5 cm³/mol. The maximum atomic E-state index is 5.46. The molecule has 0 amide bonds. The summed E-state index contributed by atoms with van der Waals surface area (Å²) >= 11 is 0.660. The summed E-state index contributed by atoms with van der Waals surface area (Å²) in [4.78, 5) is 0. The summed E-state index contributed by atoms with van der Waals surface area (Å²) in [6.45, 7) is 10.2. The molecule has 0 aromatic rings. The van der Waals surface area contributed by atoms with Crippen molar-refractivity contribution in [2.24, 2.45) is 11.3 Å². The first-order valence-electron chi connectivity index (χ1n) is 4.95. The van der Waals surface area contributed by atoms with Gasteiger partial charge < -0.3 is 0 Å². The van der Waals surface area contributed by atoms with E-state index < -0.39 is 0 Å². The third-order valence-electron chi connectivity index (χ3n) is 1.77. The summed E-state index contributed by atoms with van der Waals surface area (Å²) in [5, 5.41) is 0. The number of hydrogen-bond acceptors (Lipinski definition) is 2. The van der Waals surface area contributed by atoms with Crippen LogP contribution in [-0.4, -0.2) is 24.4 Å². The van der Waals surface area contributed by atoms with Crippen molar-refractivity contribution < 1.29 is 0 Å². The summed E-state index contributed by atoms with van der Waals surface area (Å²) in [5.74, 6) is 5.46. The molecule has 0 aliphatic carbocycles. The van der Waals surface area contributed by atoms with Gasteiger partial charge in [-0.25, -0.2) is 0 Å². The van der Waals surface area contributed by atoms with Gasteiger partial charge in [0.2, 0.25) is 0 Å². The third-order valence-corrected chi connectivity index (χ3v) is 4.10. The Morgan fingerprint density at radius 3 is 2.36 bits per heavy atom. The van der Waals surface area contributed by atoms with Crippen molar-refractivity contribution in [2.75, 3.05) is 0 Å². The number of hydrazine groups is 1. The fourth-order valence-corrected chi connectivity index (χ4v) is 2.50. The van der Waals surface area contributed by atoms with Crippen molar-refractivity contribution in [3.63, 3.8) is 0 Å². The zero-order valence-corrected chi connectivity index (χ0v) is 15.4. The first-order chi connectivity index (χ1) is 6.42. The molecule has 3 heteroatoms. The number of nitrogens with two attached hydrogens (primary N) is 1. The van der Waals surface area contributed by atoms with Gasteiger partial charge in [-0.1, -0.05) is 0 Å². The fraction of sp³-hybridized carbons (Fsp3) is 0.455. The molecule has 0 bridgehead atoms. The monoisotopic (exact) mass is 296 g/mol. The molecule has 0 aliphatic heterocycles. The van der Waals surface area contributed by atoms with E-state index in [9.17, 15) is 0 Å². The second kappa shape index (κ2) is 6.36. The molecule has 0 radical (unpaired) electrons. The van der Waals surface area contributed by atoms with Crippen molar-refractivity contribution in [2.45, 2.75) is 24.9 Å². The Balaban J connectivity index is 4.82. The molecule has 0 aromatic heterocycles. The minimum absolute atomic E-state index is 0.140. The second-order valence-electron chi connectivity index (χ2n) is 4.39. The van der Waals surface area contributed by atoms with Crippen molar-refractivity contribution in [1.82, 2.24) is 5.43 Å². The van der Waals surface area contributed by atoms with E-state index in [0.29, 0.717) is 24.4 Å². The van der Waals surface area contributed by atoms with Crippen LogP contribution in [-0.2, 0) is 0 Å². The summed E-state index contributed by atoms with van der Waals surface area (Å²) in [6, 6.07) is 0. The van der Waals surface area contributed by atoms with E-state index in [1.807, 2.05) is 6.08 Å². The first kappa shape index (κ1) is 13.9. The summed E-state index contributed by atoms with van der Waals surface area (Å²) in [6.07, 6.45) is 6.11. The van der Waals surface area contributed by atoms with Crippen LogP contribution in [0.3, 0.4) is 0 Å². The van der Waals surface area contributed by atoms with Gasteiger partial charge in [0.1, 0.15) is 0 Å². The van der Waals surface area contributed by atoms with Crippen LogP contribution in [0.1, 0.15) is 20.8 Å². The molecule has 0 heterocycles. The van der Waals surface area contributed by atoms with E-state index in [1.165, 1.54) is 9.75 Å². The number of nitrogens with one attached hydrogen (secondary N) is 1. The van der Waals surface area contributed by atoms with Crippen molar-refractivity contribution in [3.8, 4) is 0 Å². The molecule has 0 saturated heterocycles. The van der Waals surface area contributed by atoms with Gasteiger partial charge >= 0.3 is 102 Å². The molecule has 0 spiro atoms. The average molecular weight is 296 g/mol. The standard InChI is InChI=1S/C11H19N2.In.2H/c1-6-9(2)7-10(13-12)8-11(3,4)5;;;/h6-8,13H,1-2,12H2,3-5H3;;;/b9-7-,10-8+;;;. The Labute approximate surface area is 102 Å². The van der Waals surface area contributed by atoms with Gasteiger partial charge in [-0.15, -0.1) is 0 Å². The second-order valence-corrected chi connectivity index (χ2v) is 6.41. The molecule has 14 heavy (non-hydrogen) atoms. The number of rotatable bonds is 4. The third kappa shape index (κ3) is 6.33. The maximum absolute atomic E-state index is 5.46. The van der Waals surface area contributed by atoms with E-state index in [1.54, 1.807) is 0 Å². The van der Waals surface area contributed by atoms with E-state index in [0.717, 1.165) is 5.70 Å². The Kier molecular flexibility index (Phi) is 6.29. The van der Waals surface area contributed by atoms with Crippen LogP contribution in [0.15, 0.2) is 36.1 Å². The minimum atomic E-state index is 0.140. The van der Waals surface area contributed by atoms with Gasteiger partial charge in [0.05, 0.1) is 0 Å². The van der Waals surface area contributed by atoms with Gasteiger partial charge in [0, 0.05) is 0 Å². The fourth-order valence-electron chi connectivity index (χ4n) is 1.10. The van der Waals surface area contributed by atoms with Crippen LogP contribution in [0.5, 0.6) is 0 Å². The summed E-state index contributed by atoms with van der Waals surface area (Å²) in [5.41, 5.74) is 5.10. The van der Waals surface area contributed by atoms with Crippen LogP contribution < -0.4 is 11.3 Å². The molecule has 0 aromatic carbocycles. The van der Waals surface area contributed by atoms with Gasteiger partial charge in [-0.05, 0) is 0 Å². The van der Waals surface area contributed by atoms with E-state index in [4.69, 9.17) is 5.84 Å². The molecule has 78 valence electrons. The molecule has 0 aliphatic rings. The van der Waals surface area contributed by atoms with E-state index >= 15 is 0 Å². The Morgan fingerprint density at radius 2 is 2.07 bits per heavy atom. The van der Waals surface area contributed by atoms with E-state index in [-0.39, 0.29) is 5.41 Å². The van der Waals surface area contributed by atoms with Crippen LogP contribution in [0.25, 0.3) is 0 Å². The zero-order valence-electron chi connectivity index (χ0n) is 9.72. The summed E-state index contributed by atoms with van der Waals surface area (Å²) in [7, 11) is 0. The van der Waals surface area contributed by atoms with E-state index in [2.05, 4.69) is 44.9 Å². The van der Waals surface area contributed by atoms with Crippen LogP contribution >= 0.6 is 0 Å². The normalized spacial score (nSPS) is 14.0. The molecular weight excluding hydrogens is 275 g/mol. The SMILES string of the molecule is C=C/C(=C\C(=C/C(C)(C)C)NN)[CH2][InH2]. The molecule has 0 atom stereocenters. The van der Waals surface area contributed by atoms with Crippen LogP contribution in [0, 0.1) is 5.41 Å². The molecule has 2 nitrogen and oxygen atoms in total. The topological polar surface area (TPSA) is 38.0 Å². The molecule has 0 unspecified atom stereocenters. The number of hydrogen-bond donors (Lipinski definition) is 2. The van der Waals surface area contributed by atoms with Gasteiger partial charge in [0.25, 0.3) is 0 Å². The van der Waals surface area contributed by atoms with Crippen molar-refractivity contribution >= 4 is 24.4 Å². The molecular formula is C11H21InN2. The van der Waals surface area contributed by atoms with Gasteiger partial charge in [-0.2, -0.15) is 0 Å². The predicted octanol–water partition coefficient (Wildman–Crippen LogP) is 1.54. The average Bonchev–Trinajstić information content (AvgIpc) is 2.10. The molecule has 0 fully saturated rings. The van der Waals surface area contributed by atoms with Crippen LogP contribution in [0.2, 0.25) is 4.18 Å². The first-order valence-corrected chi connectivity index (χ1v) is 8.99. The summed E-state index contributed by atoms with van der Waals surface area (Å²) < 4.78 is 1.17. The molecule has 0 saturated carbocycles. The Bertz CT molecular complexity index is 247. The molecule has 3 N–H and O–H groups in total. The zero-order chi connectivity index (χ0) is 11.2. The number of allylic oxidation sites excluding steroid dienone is 4. The Hall–Kier alpha value is -0.150. The van der Waals surface area contributed by atoms with Gasteiger partial charge in [0.15, 0.2) is 0 Å². The van der Waals surface area contributed by atoms with Gasteiger partial charge in [-0.3, -0.25) is 0 Å². The van der Waals surface area contributed by atoms with Crippen molar-refractivity contribution in [3.05, 3.63) is 36.1 Å². The van der Waals surface area contributed by atoms with Crippen molar-refractivity contribution in [1.29, 1.82) is 0 Å². The molecule has 0 rings (SSSR count). The Morgan fingerprint density at radius 1 is 1.50 bits per heavy atom.